The van der Waals surface area contributed by atoms with Crippen molar-refractivity contribution in [2.75, 3.05) is 13.7 Å². The molecule has 1 aliphatic heterocycles. The lowest BCUT2D eigenvalue weighted by Crippen LogP contribution is -2.31. The van der Waals surface area contributed by atoms with Gasteiger partial charge in [0.2, 0.25) is 0 Å². The lowest BCUT2D eigenvalue weighted by Gasteiger charge is -2.36. The molecule has 1 N–H and O–H groups in total. The average molecular weight is 353 g/mol. The molecule has 2 heterocycles. The van der Waals surface area contributed by atoms with Crippen LogP contribution in [0.4, 0.5) is 0 Å². The standard InChI is InChI=1S/C20H23N3O3/c1-3-26-19-7-14-15-6-13(24)4-5-17(15)23-20(12-9-21-11-22-10-12)16(14)8-18(19)25-2/h8-11,13,17,24H,3-7H2,1-2H3/t13-,17-/m1/s1. The van der Waals surface area contributed by atoms with E-state index in [0.717, 1.165) is 41.2 Å². The third-order valence-corrected chi connectivity index (χ3v) is 5.14. The van der Waals surface area contributed by atoms with Crippen LogP contribution in [0.5, 0.6) is 0 Å². The van der Waals surface area contributed by atoms with E-state index < -0.39 is 0 Å². The third kappa shape index (κ3) is 2.94. The monoisotopic (exact) mass is 353 g/mol. The second kappa shape index (κ2) is 7.03. The van der Waals surface area contributed by atoms with Crippen LogP contribution in [0.3, 0.4) is 0 Å². The van der Waals surface area contributed by atoms with Gasteiger partial charge in [0.15, 0.2) is 5.76 Å². The number of aliphatic imine (C=N–C) groups is 1. The van der Waals surface area contributed by atoms with Gasteiger partial charge in [-0.2, -0.15) is 0 Å². The van der Waals surface area contributed by atoms with E-state index in [1.54, 1.807) is 19.5 Å². The fourth-order valence-corrected chi connectivity index (χ4v) is 3.97. The minimum Gasteiger partial charge on any atom is -0.494 e. The molecule has 0 unspecified atom stereocenters. The van der Waals surface area contributed by atoms with E-state index in [2.05, 4.69) is 9.97 Å². The Kier molecular flexibility index (Phi) is 4.59. The van der Waals surface area contributed by atoms with Crippen LogP contribution >= 0.6 is 0 Å². The number of aliphatic hydroxyl groups is 1. The second-order valence-electron chi connectivity index (χ2n) is 6.72. The summed E-state index contributed by atoms with van der Waals surface area (Å²) in [5.74, 6) is 1.57. The van der Waals surface area contributed by atoms with Crippen LogP contribution in [0.25, 0.3) is 0 Å². The zero-order chi connectivity index (χ0) is 18.1. The summed E-state index contributed by atoms with van der Waals surface area (Å²) >= 11 is 0. The van der Waals surface area contributed by atoms with Gasteiger partial charge in [-0.1, -0.05) is 0 Å². The molecule has 6 nitrogen and oxygen atoms in total. The number of methoxy groups -OCH3 is 1. The van der Waals surface area contributed by atoms with Gasteiger partial charge in [0, 0.05) is 30.0 Å². The molecule has 2 atom stereocenters. The Hall–Kier alpha value is -2.47. The van der Waals surface area contributed by atoms with Gasteiger partial charge in [-0.25, -0.2) is 9.97 Å². The summed E-state index contributed by atoms with van der Waals surface area (Å²) in [6.07, 6.45) is 9.78. The van der Waals surface area contributed by atoms with Crippen LogP contribution in [-0.2, 0) is 9.47 Å². The number of rotatable bonds is 4. The molecule has 0 spiro atoms. The van der Waals surface area contributed by atoms with Crippen LogP contribution in [0, 0.1) is 0 Å². The van der Waals surface area contributed by atoms with Gasteiger partial charge < -0.3 is 14.6 Å². The molecule has 6 heteroatoms. The zero-order valence-electron chi connectivity index (χ0n) is 15.1. The lowest BCUT2D eigenvalue weighted by molar-refractivity contribution is 0.143. The fraction of sp³-hybridized carbons (Fsp3) is 0.450. The first kappa shape index (κ1) is 17.0. The van der Waals surface area contributed by atoms with E-state index in [1.165, 1.54) is 17.5 Å². The van der Waals surface area contributed by atoms with Crippen LogP contribution in [-0.4, -0.2) is 46.6 Å². The van der Waals surface area contributed by atoms with Crippen molar-refractivity contribution in [2.45, 2.75) is 44.8 Å². The van der Waals surface area contributed by atoms with Gasteiger partial charge >= 0.3 is 0 Å². The molecular weight excluding hydrogens is 330 g/mol. The first-order chi connectivity index (χ1) is 12.7. The first-order valence-corrected chi connectivity index (χ1v) is 9.06. The highest BCUT2D eigenvalue weighted by molar-refractivity contribution is 6.16. The quantitative estimate of drug-likeness (QED) is 0.901. The maximum absolute atomic E-state index is 10.2. The van der Waals surface area contributed by atoms with Crippen molar-refractivity contribution < 1.29 is 14.6 Å². The molecular formula is C20H23N3O3. The Morgan fingerprint density at radius 1 is 1.23 bits per heavy atom. The average Bonchev–Trinajstić information content (AvgIpc) is 2.68. The molecule has 0 saturated heterocycles. The Morgan fingerprint density at radius 3 is 2.77 bits per heavy atom. The van der Waals surface area contributed by atoms with Crippen LogP contribution in [0.2, 0.25) is 0 Å². The number of hydrogen-bond donors (Lipinski definition) is 1. The fourth-order valence-electron chi connectivity index (χ4n) is 3.97. The third-order valence-electron chi connectivity index (χ3n) is 5.14. The van der Waals surface area contributed by atoms with Crippen molar-refractivity contribution in [1.82, 2.24) is 9.97 Å². The maximum Gasteiger partial charge on any atom is 0.157 e. The molecule has 0 radical (unpaired) electrons. The predicted molar refractivity (Wildman–Crippen MR) is 97.6 cm³/mol. The topological polar surface area (TPSA) is 76.8 Å². The number of aliphatic hydroxyl groups excluding tert-OH is 1. The number of nitrogens with zero attached hydrogens (tertiary/aromatic N) is 3. The Bertz CT molecular complexity index is 824. The molecule has 0 bridgehead atoms. The van der Waals surface area contributed by atoms with E-state index >= 15 is 0 Å². The van der Waals surface area contributed by atoms with Crippen molar-refractivity contribution in [3.8, 4) is 0 Å². The van der Waals surface area contributed by atoms with Gasteiger partial charge in [0.05, 0.1) is 31.6 Å². The van der Waals surface area contributed by atoms with E-state index in [1.807, 2.05) is 13.0 Å². The summed E-state index contributed by atoms with van der Waals surface area (Å²) in [5.41, 5.74) is 5.25. The van der Waals surface area contributed by atoms with Gasteiger partial charge in [0.25, 0.3) is 0 Å². The summed E-state index contributed by atoms with van der Waals surface area (Å²) in [4.78, 5) is 13.3. The van der Waals surface area contributed by atoms with Gasteiger partial charge in [-0.05, 0) is 43.4 Å². The first-order valence-electron chi connectivity index (χ1n) is 9.06. The maximum atomic E-state index is 10.2. The highest BCUT2D eigenvalue weighted by Crippen LogP contribution is 2.42. The number of aromatic nitrogens is 2. The summed E-state index contributed by atoms with van der Waals surface area (Å²) < 4.78 is 11.4. The molecule has 1 fully saturated rings. The number of ether oxygens (including phenoxy) is 2. The Morgan fingerprint density at radius 2 is 2.04 bits per heavy atom. The van der Waals surface area contributed by atoms with Crippen LogP contribution in [0.1, 0.15) is 38.2 Å². The zero-order valence-corrected chi connectivity index (χ0v) is 15.1. The number of fused-ring (bicyclic) bond motifs is 2. The lowest BCUT2D eigenvalue weighted by atomic mass is 9.76. The molecule has 1 aromatic heterocycles. The van der Waals surface area contributed by atoms with Crippen molar-refractivity contribution in [1.29, 1.82) is 0 Å². The van der Waals surface area contributed by atoms with E-state index in [4.69, 9.17) is 14.5 Å². The minimum atomic E-state index is -0.296. The number of hydrogen-bond acceptors (Lipinski definition) is 6. The SMILES string of the molecule is CCOC1=C(OC)C=C2C(c3cncnc3)=N[C@@H]3CC[C@@H](O)CC3=C2C1. The van der Waals surface area contributed by atoms with Gasteiger partial charge in [-0.15, -0.1) is 0 Å². The molecule has 1 aromatic rings. The predicted octanol–water partition coefficient (Wildman–Crippen LogP) is 2.71. The highest BCUT2D eigenvalue weighted by atomic mass is 16.5. The van der Waals surface area contributed by atoms with Crippen molar-refractivity contribution in [3.05, 3.63) is 58.6 Å². The summed E-state index contributed by atoms with van der Waals surface area (Å²) in [6, 6.07) is 0.104. The smallest absolute Gasteiger partial charge is 0.157 e. The van der Waals surface area contributed by atoms with E-state index in [-0.39, 0.29) is 12.1 Å². The van der Waals surface area contributed by atoms with Crippen molar-refractivity contribution >= 4 is 5.71 Å². The Balaban J connectivity index is 1.86. The van der Waals surface area contributed by atoms with Crippen molar-refractivity contribution in [2.24, 2.45) is 4.99 Å². The molecule has 26 heavy (non-hydrogen) atoms. The molecule has 3 aliphatic rings. The molecule has 0 amide bonds. The largest absolute Gasteiger partial charge is 0.494 e. The minimum absolute atomic E-state index is 0.104. The van der Waals surface area contributed by atoms with Crippen molar-refractivity contribution in [3.63, 3.8) is 0 Å². The number of allylic oxidation sites excluding steroid dienone is 3. The second-order valence-corrected chi connectivity index (χ2v) is 6.72. The highest BCUT2D eigenvalue weighted by Gasteiger charge is 2.36. The van der Waals surface area contributed by atoms with Gasteiger partial charge in [-0.3, -0.25) is 4.99 Å². The van der Waals surface area contributed by atoms with E-state index in [0.29, 0.717) is 19.4 Å². The summed E-state index contributed by atoms with van der Waals surface area (Å²) in [7, 11) is 1.65. The molecule has 136 valence electrons. The number of dihydropyridines is 1. The molecule has 4 rings (SSSR count). The molecule has 1 saturated carbocycles. The molecule has 2 aliphatic carbocycles. The van der Waals surface area contributed by atoms with Crippen LogP contribution in [0.15, 0.2) is 58.0 Å². The summed E-state index contributed by atoms with van der Waals surface area (Å²) in [6.45, 7) is 2.56. The van der Waals surface area contributed by atoms with E-state index in [9.17, 15) is 5.11 Å². The van der Waals surface area contributed by atoms with Crippen LogP contribution < -0.4 is 0 Å². The summed E-state index contributed by atoms with van der Waals surface area (Å²) in [5, 5.41) is 10.2. The normalized spacial score (nSPS) is 25.2. The molecule has 0 aromatic carbocycles. The Labute approximate surface area is 153 Å². The van der Waals surface area contributed by atoms with Gasteiger partial charge in [0.1, 0.15) is 12.1 Å².